The molecule has 0 unspecified atom stereocenters. The molecule has 2 amide bonds. The Kier molecular flexibility index (Phi) is 7.81. The van der Waals surface area contributed by atoms with E-state index in [4.69, 9.17) is 9.47 Å². The van der Waals surface area contributed by atoms with Crippen LogP contribution in [0.1, 0.15) is 39.7 Å². The van der Waals surface area contributed by atoms with Gasteiger partial charge in [0.25, 0.3) is 5.91 Å². The Morgan fingerprint density at radius 2 is 2.00 bits per heavy atom. The van der Waals surface area contributed by atoms with E-state index in [1.165, 1.54) is 34.0 Å². The number of hydrogen-bond acceptors (Lipinski definition) is 5. The number of nitrogens with zero attached hydrogens (tertiary/aromatic N) is 2. The van der Waals surface area contributed by atoms with Crippen molar-refractivity contribution in [3.05, 3.63) is 87.6 Å². The van der Waals surface area contributed by atoms with Gasteiger partial charge in [0.15, 0.2) is 11.6 Å². The highest BCUT2D eigenvalue weighted by molar-refractivity contribution is 7.10. The summed E-state index contributed by atoms with van der Waals surface area (Å²) < 4.78 is 39.6. The minimum absolute atomic E-state index is 0.0833. The number of thiophene rings is 1. The molecule has 2 aromatic carbocycles. The first-order chi connectivity index (χ1) is 18.0. The zero-order valence-corrected chi connectivity index (χ0v) is 21.1. The number of benzene rings is 2. The van der Waals surface area contributed by atoms with Crippen LogP contribution in [0.2, 0.25) is 0 Å². The van der Waals surface area contributed by atoms with Gasteiger partial charge in [-0.2, -0.15) is 0 Å². The van der Waals surface area contributed by atoms with Crippen LogP contribution in [-0.2, 0) is 16.0 Å². The highest BCUT2D eigenvalue weighted by Gasteiger charge is 2.34. The standard InChI is InChI=1S/C28H28F2N2O4S/c29-20-6-3-5-19(15-20)28(34)31(16-21-7-4-13-35-21)17-27(33)32-12-10-26-22(11-14-37-26)24(32)18-36-25-9-2-1-8-23(25)30/h1-3,5-6,8-9,11,14-15,21,24H,4,7,10,12-13,16-18H2/t21-,24+/m1/s1. The van der Waals surface area contributed by atoms with Crippen LogP contribution in [-0.4, -0.2) is 60.6 Å². The molecule has 2 atom stereocenters. The highest BCUT2D eigenvalue weighted by Crippen LogP contribution is 2.34. The molecule has 0 N–H and O–H groups in total. The largest absolute Gasteiger partial charge is 0.488 e. The number of ether oxygens (including phenoxy) is 2. The summed E-state index contributed by atoms with van der Waals surface area (Å²) in [6, 6.07) is 13.2. The molecule has 5 rings (SSSR count). The molecule has 0 aliphatic carbocycles. The van der Waals surface area contributed by atoms with Crippen LogP contribution in [0.5, 0.6) is 5.75 Å². The molecule has 0 radical (unpaired) electrons. The molecule has 1 aromatic heterocycles. The molecule has 1 saturated heterocycles. The number of fused-ring (bicyclic) bond motifs is 1. The molecule has 3 heterocycles. The van der Waals surface area contributed by atoms with Gasteiger partial charge in [-0.3, -0.25) is 9.59 Å². The summed E-state index contributed by atoms with van der Waals surface area (Å²) in [6.45, 7) is 1.22. The van der Waals surface area contributed by atoms with Gasteiger partial charge >= 0.3 is 0 Å². The summed E-state index contributed by atoms with van der Waals surface area (Å²) in [6.07, 6.45) is 2.21. The van der Waals surface area contributed by atoms with Gasteiger partial charge in [0.1, 0.15) is 19.0 Å². The summed E-state index contributed by atoms with van der Waals surface area (Å²) in [7, 11) is 0. The monoisotopic (exact) mass is 526 g/mol. The zero-order chi connectivity index (χ0) is 25.8. The molecule has 6 nitrogen and oxygen atoms in total. The van der Waals surface area contributed by atoms with Crippen molar-refractivity contribution in [1.29, 1.82) is 0 Å². The van der Waals surface area contributed by atoms with Crippen LogP contribution < -0.4 is 4.74 Å². The van der Waals surface area contributed by atoms with E-state index < -0.39 is 23.6 Å². The van der Waals surface area contributed by atoms with E-state index in [1.807, 2.05) is 11.4 Å². The van der Waals surface area contributed by atoms with E-state index in [0.29, 0.717) is 19.6 Å². The van der Waals surface area contributed by atoms with Crippen molar-refractivity contribution in [2.75, 3.05) is 32.8 Å². The summed E-state index contributed by atoms with van der Waals surface area (Å²) in [5, 5.41) is 1.98. The fourth-order valence-electron chi connectivity index (χ4n) is 4.92. The van der Waals surface area contributed by atoms with E-state index >= 15 is 0 Å². The minimum Gasteiger partial charge on any atom is -0.488 e. The van der Waals surface area contributed by atoms with Crippen LogP contribution >= 0.6 is 11.3 Å². The topological polar surface area (TPSA) is 59.1 Å². The zero-order valence-electron chi connectivity index (χ0n) is 20.3. The van der Waals surface area contributed by atoms with Crippen molar-refractivity contribution in [2.24, 2.45) is 0 Å². The van der Waals surface area contributed by atoms with Crippen molar-refractivity contribution in [1.82, 2.24) is 9.80 Å². The number of hydrogen-bond donors (Lipinski definition) is 0. The van der Waals surface area contributed by atoms with Crippen molar-refractivity contribution in [3.63, 3.8) is 0 Å². The Balaban J connectivity index is 1.36. The fourth-order valence-corrected chi connectivity index (χ4v) is 5.84. The van der Waals surface area contributed by atoms with E-state index in [9.17, 15) is 18.4 Å². The minimum atomic E-state index is -0.513. The Morgan fingerprint density at radius 3 is 2.78 bits per heavy atom. The van der Waals surface area contributed by atoms with E-state index in [2.05, 4.69) is 0 Å². The Hall–Kier alpha value is -3.30. The predicted molar refractivity (Wildman–Crippen MR) is 136 cm³/mol. The third-order valence-electron chi connectivity index (χ3n) is 6.78. The number of rotatable bonds is 8. The maximum atomic E-state index is 14.2. The molecule has 0 saturated carbocycles. The maximum absolute atomic E-state index is 14.2. The lowest BCUT2D eigenvalue weighted by Gasteiger charge is -2.37. The first kappa shape index (κ1) is 25.4. The van der Waals surface area contributed by atoms with Crippen molar-refractivity contribution in [2.45, 2.75) is 31.4 Å². The smallest absolute Gasteiger partial charge is 0.254 e. The molecule has 2 aliphatic rings. The molecule has 37 heavy (non-hydrogen) atoms. The number of halogens is 2. The third-order valence-corrected chi connectivity index (χ3v) is 7.78. The van der Waals surface area contributed by atoms with Gasteiger partial charge < -0.3 is 19.3 Å². The number of carbonyl (C=O) groups excluding carboxylic acids is 2. The number of para-hydroxylation sites is 1. The van der Waals surface area contributed by atoms with Crippen LogP contribution in [0, 0.1) is 11.6 Å². The first-order valence-corrected chi connectivity index (χ1v) is 13.3. The first-order valence-electron chi connectivity index (χ1n) is 12.4. The van der Waals surface area contributed by atoms with Crippen LogP contribution in [0.15, 0.2) is 60.0 Å². The summed E-state index contributed by atoms with van der Waals surface area (Å²) in [5.74, 6) is -1.53. The van der Waals surface area contributed by atoms with Crippen molar-refractivity contribution >= 4 is 23.2 Å². The molecular formula is C28H28F2N2O4S. The fraction of sp³-hybridized carbons (Fsp3) is 0.357. The van der Waals surface area contributed by atoms with Gasteiger partial charge in [-0.05, 0) is 66.6 Å². The van der Waals surface area contributed by atoms with Gasteiger partial charge in [0.2, 0.25) is 5.91 Å². The molecule has 0 bridgehead atoms. The van der Waals surface area contributed by atoms with Gasteiger partial charge in [0.05, 0.1) is 12.1 Å². The molecule has 9 heteroatoms. The molecule has 0 spiro atoms. The van der Waals surface area contributed by atoms with Crippen molar-refractivity contribution < 1.29 is 27.8 Å². The second kappa shape index (κ2) is 11.4. The second-order valence-corrected chi connectivity index (χ2v) is 10.2. The van der Waals surface area contributed by atoms with Gasteiger partial charge in [-0.1, -0.05) is 18.2 Å². The Morgan fingerprint density at radius 1 is 1.14 bits per heavy atom. The lowest BCUT2D eigenvalue weighted by Crippen LogP contribution is -2.49. The maximum Gasteiger partial charge on any atom is 0.254 e. The average Bonchev–Trinajstić information content (AvgIpc) is 3.59. The Bertz CT molecular complexity index is 1260. The van der Waals surface area contributed by atoms with Gasteiger partial charge in [-0.15, -0.1) is 11.3 Å². The van der Waals surface area contributed by atoms with E-state index in [0.717, 1.165) is 18.4 Å². The van der Waals surface area contributed by atoms with Crippen LogP contribution in [0.3, 0.4) is 0 Å². The summed E-state index contributed by atoms with van der Waals surface area (Å²) in [4.78, 5) is 31.4. The third kappa shape index (κ3) is 5.83. The summed E-state index contributed by atoms with van der Waals surface area (Å²) in [5.41, 5.74) is 1.16. The number of amides is 2. The molecule has 3 aromatic rings. The normalized spacial score (nSPS) is 18.9. The van der Waals surface area contributed by atoms with Crippen LogP contribution in [0.4, 0.5) is 8.78 Å². The predicted octanol–water partition coefficient (Wildman–Crippen LogP) is 4.85. The lowest BCUT2D eigenvalue weighted by atomic mass is 10.00. The van der Waals surface area contributed by atoms with E-state index in [1.54, 1.807) is 40.5 Å². The molecular weight excluding hydrogens is 498 g/mol. The average molecular weight is 527 g/mol. The SMILES string of the molecule is O=C(c1cccc(F)c1)N(CC(=O)N1CCc2sccc2[C@@H]1COc1ccccc1F)C[C@H]1CCCO1. The number of carbonyl (C=O) groups is 2. The summed E-state index contributed by atoms with van der Waals surface area (Å²) >= 11 is 1.62. The van der Waals surface area contributed by atoms with Gasteiger partial charge in [-0.25, -0.2) is 8.78 Å². The molecule has 194 valence electrons. The van der Waals surface area contributed by atoms with Crippen molar-refractivity contribution in [3.8, 4) is 5.75 Å². The lowest BCUT2D eigenvalue weighted by molar-refractivity contribution is -0.135. The second-order valence-electron chi connectivity index (χ2n) is 9.22. The molecule has 2 aliphatic heterocycles. The van der Waals surface area contributed by atoms with Gasteiger partial charge in [0, 0.05) is 30.1 Å². The Labute approximate surface area is 218 Å². The quantitative estimate of drug-likeness (QED) is 0.421. The van der Waals surface area contributed by atoms with E-state index in [-0.39, 0.29) is 43.0 Å². The van der Waals surface area contributed by atoms with Crippen LogP contribution in [0.25, 0.3) is 0 Å². The highest BCUT2D eigenvalue weighted by atomic mass is 32.1. The molecule has 1 fully saturated rings.